The van der Waals surface area contributed by atoms with Gasteiger partial charge in [-0.15, -0.1) is 0 Å². The first-order valence-corrected chi connectivity index (χ1v) is 7.80. The van der Waals surface area contributed by atoms with Gasteiger partial charge in [-0.3, -0.25) is 4.79 Å². The summed E-state index contributed by atoms with van der Waals surface area (Å²) in [5, 5.41) is 3.13. The number of nitrogens with one attached hydrogen (secondary N) is 1. The van der Waals surface area contributed by atoms with Crippen LogP contribution in [0.5, 0.6) is 5.75 Å². The van der Waals surface area contributed by atoms with Gasteiger partial charge in [-0.05, 0) is 64.0 Å². The number of rotatable bonds is 5. The SMILES string of the molecule is CCC(Oc1cccc(C)c1)C(=O)NC1CCN(C)CC1. The first kappa shape index (κ1) is 15.8. The number of amides is 1. The van der Waals surface area contributed by atoms with Gasteiger partial charge in [-0.2, -0.15) is 0 Å². The lowest BCUT2D eigenvalue weighted by molar-refractivity contribution is -0.129. The Kier molecular flexibility index (Phi) is 5.62. The predicted octanol–water partition coefficient (Wildman–Crippen LogP) is 2.36. The van der Waals surface area contributed by atoms with E-state index in [2.05, 4.69) is 17.3 Å². The molecular weight excluding hydrogens is 264 g/mol. The van der Waals surface area contributed by atoms with E-state index in [-0.39, 0.29) is 11.9 Å². The number of carbonyl (C=O) groups is 1. The molecule has 0 saturated carbocycles. The van der Waals surface area contributed by atoms with Crippen LogP contribution in [0.25, 0.3) is 0 Å². The number of hydrogen-bond acceptors (Lipinski definition) is 3. The lowest BCUT2D eigenvalue weighted by Crippen LogP contribution is -2.47. The summed E-state index contributed by atoms with van der Waals surface area (Å²) < 4.78 is 5.85. The molecule has 1 aliphatic heterocycles. The van der Waals surface area contributed by atoms with Crippen LogP contribution in [0.4, 0.5) is 0 Å². The quantitative estimate of drug-likeness (QED) is 0.905. The molecule has 1 aromatic carbocycles. The molecule has 1 aliphatic rings. The molecule has 1 heterocycles. The topological polar surface area (TPSA) is 41.6 Å². The van der Waals surface area contributed by atoms with Crippen LogP contribution in [0.3, 0.4) is 0 Å². The number of aryl methyl sites for hydroxylation is 1. The number of piperidine rings is 1. The van der Waals surface area contributed by atoms with Gasteiger partial charge >= 0.3 is 0 Å². The fraction of sp³-hybridized carbons (Fsp3) is 0.588. The summed E-state index contributed by atoms with van der Waals surface area (Å²) in [4.78, 5) is 14.7. The molecule has 116 valence electrons. The highest BCUT2D eigenvalue weighted by atomic mass is 16.5. The van der Waals surface area contributed by atoms with Crippen molar-refractivity contribution in [2.75, 3.05) is 20.1 Å². The smallest absolute Gasteiger partial charge is 0.261 e. The minimum Gasteiger partial charge on any atom is -0.481 e. The molecule has 4 nitrogen and oxygen atoms in total. The standard InChI is InChI=1S/C17H26N2O2/c1-4-16(21-15-7-5-6-13(2)12-15)17(20)18-14-8-10-19(3)11-9-14/h5-7,12,14,16H,4,8-11H2,1-3H3,(H,18,20). The van der Waals surface area contributed by atoms with Gasteiger partial charge in [0.25, 0.3) is 5.91 Å². The minimum atomic E-state index is -0.411. The average molecular weight is 290 g/mol. The summed E-state index contributed by atoms with van der Waals surface area (Å²) in [7, 11) is 2.12. The molecule has 1 atom stereocenters. The number of hydrogen-bond donors (Lipinski definition) is 1. The Morgan fingerprint density at radius 2 is 2.14 bits per heavy atom. The molecule has 1 amide bonds. The molecule has 1 fully saturated rings. The first-order valence-electron chi connectivity index (χ1n) is 7.80. The predicted molar refractivity (Wildman–Crippen MR) is 84.5 cm³/mol. The van der Waals surface area contributed by atoms with E-state index in [4.69, 9.17) is 4.74 Å². The molecule has 0 spiro atoms. The molecule has 1 unspecified atom stereocenters. The highest BCUT2D eigenvalue weighted by molar-refractivity contribution is 5.81. The molecule has 0 aromatic heterocycles. The van der Waals surface area contributed by atoms with Crippen molar-refractivity contribution in [3.8, 4) is 5.75 Å². The number of nitrogens with zero attached hydrogens (tertiary/aromatic N) is 1. The van der Waals surface area contributed by atoms with Crippen molar-refractivity contribution >= 4 is 5.91 Å². The zero-order valence-electron chi connectivity index (χ0n) is 13.3. The van der Waals surface area contributed by atoms with Crippen LogP contribution in [0.1, 0.15) is 31.7 Å². The summed E-state index contributed by atoms with van der Waals surface area (Å²) >= 11 is 0. The van der Waals surface area contributed by atoms with Gasteiger partial charge in [0.15, 0.2) is 6.10 Å². The van der Waals surface area contributed by atoms with Crippen molar-refractivity contribution in [1.82, 2.24) is 10.2 Å². The molecule has 1 aromatic rings. The Morgan fingerprint density at radius 3 is 2.76 bits per heavy atom. The van der Waals surface area contributed by atoms with E-state index < -0.39 is 6.10 Å². The normalized spacial score (nSPS) is 18.2. The molecule has 2 rings (SSSR count). The van der Waals surface area contributed by atoms with Crippen molar-refractivity contribution in [3.05, 3.63) is 29.8 Å². The second-order valence-corrected chi connectivity index (χ2v) is 5.92. The lowest BCUT2D eigenvalue weighted by atomic mass is 10.1. The van der Waals surface area contributed by atoms with Crippen molar-refractivity contribution in [3.63, 3.8) is 0 Å². The van der Waals surface area contributed by atoms with Crippen LogP contribution < -0.4 is 10.1 Å². The molecule has 1 saturated heterocycles. The molecular formula is C17H26N2O2. The minimum absolute atomic E-state index is 0.00793. The van der Waals surface area contributed by atoms with Gasteiger partial charge < -0.3 is 15.0 Å². The summed E-state index contributed by atoms with van der Waals surface area (Å²) in [5.74, 6) is 0.772. The Bertz CT molecular complexity index is 468. The monoisotopic (exact) mass is 290 g/mol. The zero-order chi connectivity index (χ0) is 15.2. The van der Waals surface area contributed by atoms with Crippen molar-refractivity contribution in [1.29, 1.82) is 0 Å². The van der Waals surface area contributed by atoms with Gasteiger partial charge in [-0.25, -0.2) is 0 Å². The Labute approximate surface area is 127 Å². The highest BCUT2D eigenvalue weighted by Gasteiger charge is 2.23. The van der Waals surface area contributed by atoms with Crippen LogP contribution in [0.15, 0.2) is 24.3 Å². The number of likely N-dealkylation sites (tertiary alicyclic amines) is 1. The lowest BCUT2D eigenvalue weighted by Gasteiger charge is -2.30. The Morgan fingerprint density at radius 1 is 1.43 bits per heavy atom. The molecule has 21 heavy (non-hydrogen) atoms. The zero-order valence-corrected chi connectivity index (χ0v) is 13.3. The van der Waals surface area contributed by atoms with Crippen LogP contribution in [0, 0.1) is 6.92 Å². The second kappa shape index (κ2) is 7.46. The third kappa shape index (κ3) is 4.74. The Hall–Kier alpha value is -1.55. The van der Waals surface area contributed by atoms with Gasteiger partial charge in [0, 0.05) is 6.04 Å². The van der Waals surface area contributed by atoms with E-state index >= 15 is 0 Å². The summed E-state index contributed by atoms with van der Waals surface area (Å²) in [6.45, 7) is 6.09. The van der Waals surface area contributed by atoms with Crippen molar-refractivity contribution in [2.24, 2.45) is 0 Å². The van der Waals surface area contributed by atoms with Crippen LogP contribution in [0.2, 0.25) is 0 Å². The molecule has 1 N–H and O–H groups in total. The van der Waals surface area contributed by atoms with E-state index in [9.17, 15) is 4.79 Å². The summed E-state index contributed by atoms with van der Waals surface area (Å²) in [6.07, 6.45) is 2.30. The van der Waals surface area contributed by atoms with Crippen LogP contribution >= 0.6 is 0 Å². The maximum Gasteiger partial charge on any atom is 0.261 e. The van der Waals surface area contributed by atoms with Gasteiger partial charge in [0.2, 0.25) is 0 Å². The molecule has 0 aliphatic carbocycles. The maximum absolute atomic E-state index is 12.4. The van der Waals surface area contributed by atoms with E-state index in [1.807, 2.05) is 38.1 Å². The van der Waals surface area contributed by atoms with Crippen LogP contribution in [-0.4, -0.2) is 43.1 Å². The molecule has 0 bridgehead atoms. The highest BCUT2D eigenvalue weighted by Crippen LogP contribution is 2.16. The largest absolute Gasteiger partial charge is 0.481 e. The van der Waals surface area contributed by atoms with Crippen molar-refractivity contribution < 1.29 is 9.53 Å². The van der Waals surface area contributed by atoms with Crippen molar-refractivity contribution in [2.45, 2.75) is 45.3 Å². The summed E-state index contributed by atoms with van der Waals surface area (Å²) in [5.41, 5.74) is 1.14. The van der Waals surface area contributed by atoms with E-state index in [0.29, 0.717) is 6.42 Å². The number of ether oxygens (including phenoxy) is 1. The van der Waals surface area contributed by atoms with E-state index in [1.54, 1.807) is 0 Å². The second-order valence-electron chi connectivity index (χ2n) is 5.92. The number of carbonyl (C=O) groups excluding carboxylic acids is 1. The molecule has 4 heteroatoms. The van der Waals surface area contributed by atoms with Crippen LogP contribution in [-0.2, 0) is 4.79 Å². The third-order valence-corrected chi connectivity index (χ3v) is 4.00. The maximum atomic E-state index is 12.4. The Balaban J connectivity index is 1.89. The molecule has 0 radical (unpaired) electrons. The van der Waals surface area contributed by atoms with E-state index in [0.717, 1.165) is 37.2 Å². The third-order valence-electron chi connectivity index (χ3n) is 4.00. The van der Waals surface area contributed by atoms with E-state index in [1.165, 1.54) is 0 Å². The number of benzene rings is 1. The first-order chi connectivity index (χ1) is 10.1. The fourth-order valence-electron chi connectivity index (χ4n) is 2.62. The fourth-order valence-corrected chi connectivity index (χ4v) is 2.62. The van der Waals surface area contributed by atoms with Gasteiger partial charge in [0.05, 0.1) is 0 Å². The average Bonchev–Trinajstić information content (AvgIpc) is 2.47. The summed E-state index contributed by atoms with van der Waals surface area (Å²) in [6, 6.07) is 8.12. The van der Waals surface area contributed by atoms with Gasteiger partial charge in [0.1, 0.15) is 5.75 Å². The van der Waals surface area contributed by atoms with Gasteiger partial charge in [-0.1, -0.05) is 19.1 Å².